The van der Waals surface area contributed by atoms with Crippen molar-refractivity contribution in [3.63, 3.8) is 0 Å². The van der Waals surface area contributed by atoms with Crippen LogP contribution in [0.4, 0.5) is 0 Å². The van der Waals surface area contributed by atoms with Crippen LogP contribution >= 0.6 is 0 Å². The van der Waals surface area contributed by atoms with E-state index < -0.39 is 16.1 Å². The van der Waals surface area contributed by atoms with Crippen molar-refractivity contribution in [2.75, 3.05) is 19.6 Å². The summed E-state index contributed by atoms with van der Waals surface area (Å²) in [6, 6.07) is 19.4. The number of piperidine rings is 1. The van der Waals surface area contributed by atoms with Gasteiger partial charge < -0.3 is 15.6 Å². The molecule has 1 amide bonds. The SMILES string of the molecule is O=C(NC[C@H]1CCCNC1)[C@@H](Cc1c[nH]c2ccccc12)NS(=O)(=O)c1cccc2ccccc12. The van der Waals surface area contributed by atoms with Gasteiger partial charge in [0, 0.05) is 29.0 Å². The van der Waals surface area contributed by atoms with Gasteiger partial charge in [0.1, 0.15) is 6.04 Å². The highest BCUT2D eigenvalue weighted by Gasteiger charge is 2.28. The van der Waals surface area contributed by atoms with Crippen molar-refractivity contribution in [2.45, 2.75) is 30.2 Å². The molecule has 0 bridgehead atoms. The van der Waals surface area contributed by atoms with E-state index >= 15 is 0 Å². The lowest BCUT2D eigenvalue weighted by Gasteiger charge is -2.25. The van der Waals surface area contributed by atoms with E-state index in [2.05, 4.69) is 20.3 Å². The number of fused-ring (bicyclic) bond motifs is 2. The van der Waals surface area contributed by atoms with Crippen LogP contribution in [0.5, 0.6) is 0 Å². The quantitative estimate of drug-likeness (QED) is 0.304. The zero-order valence-corrected chi connectivity index (χ0v) is 20.3. The minimum atomic E-state index is -3.96. The topological polar surface area (TPSA) is 103 Å². The average molecular weight is 491 g/mol. The Morgan fingerprint density at radius 1 is 1.00 bits per heavy atom. The normalized spacial score (nSPS) is 17.4. The molecule has 0 radical (unpaired) electrons. The number of hydrogen-bond donors (Lipinski definition) is 4. The summed E-state index contributed by atoms with van der Waals surface area (Å²) in [5.41, 5.74) is 1.84. The first kappa shape index (κ1) is 23.5. The van der Waals surface area contributed by atoms with E-state index in [1.807, 2.05) is 54.7 Å². The predicted molar refractivity (Wildman–Crippen MR) is 139 cm³/mol. The number of benzene rings is 3. The van der Waals surface area contributed by atoms with Gasteiger partial charge in [-0.05, 0) is 61.4 Å². The first-order valence-electron chi connectivity index (χ1n) is 12.0. The summed E-state index contributed by atoms with van der Waals surface area (Å²) in [6.07, 6.45) is 4.21. The number of hydrogen-bond acceptors (Lipinski definition) is 4. The summed E-state index contributed by atoms with van der Waals surface area (Å²) in [4.78, 5) is 16.7. The number of H-pyrrole nitrogens is 1. The van der Waals surface area contributed by atoms with Crippen molar-refractivity contribution in [3.05, 3.63) is 78.5 Å². The van der Waals surface area contributed by atoms with Crippen molar-refractivity contribution in [1.29, 1.82) is 0 Å². The highest BCUT2D eigenvalue weighted by atomic mass is 32.2. The summed E-state index contributed by atoms with van der Waals surface area (Å²) < 4.78 is 29.8. The molecule has 2 atom stereocenters. The predicted octanol–water partition coefficient (Wildman–Crippen LogP) is 3.33. The van der Waals surface area contributed by atoms with Gasteiger partial charge in [-0.2, -0.15) is 4.72 Å². The standard InChI is InChI=1S/C27H30N4O3S/c32-27(30-17-19-7-6-14-28-16-19)25(15-21-18-29-24-12-4-3-10-22(21)24)31-35(33,34)26-13-5-9-20-8-1-2-11-23(20)26/h1-5,8-13,18-19,25,28-29,31H,6-7,14-17H2,(H,30,32)/t19-,25+/m0/s1. The molecule has 0 spiro atoms. The fourth-order valence-corrected chi connectivity index (χ4v) is 6.28. The third-order valence-electron chi connectivity index (χ3n) is 6.72. The number of nitrogens with one attached hydrogen (secondary N) is 4. The number of amides is 1. The number of aromatic nitrogens is 1. The molecule has 8 heteroatoms. The lowest BCUT2D eigenvalue weighted by atomic mass is 9.99. The number of para-hydroxylation sites is 1. The van der Waals surface area contributed by atoms with E-state index in [1.165, 1.54) is 0 Å². The number of rotatable bonds is 8. The molecule has 7 nitrogen and oxygen atoms in total. The molecule has 3 aromatic carbocycles. The molecule has 35 heavy (non-hydrogen) atoms. The van der Waals surface area contributed by atoms with Gasteiger partial charge >= 0.3 is 0 Å². The van der Waals surface area contributed by atoms with Crippen molar-refractivity contribution >= 4 is 37.6 Å². The first-order valence-corrected chi connectivity index (χ1v) is 13.5. The lowest BCUT2D eigenvalue weighted by Crippen LogP contribution is -2.49. The third kappa shape index (κ3) is 5.24. The van der Waals surface area contributed by atoms with Crippen LogP contribution in [0.3, 0.4) is 0 Å². The highest BCUT2D eigenvalue weighted by molar-refractivity contribution is 7.89. The maximum absolute atomic E-state index is 13.6. The van der Waals surface area contributed by atoms with Crippen molar-refractivity contribution in [2.24, 2.45) is 5.92 Å². The monoisotopic (exact) mass is 490 g/mol. The van der Waals surface area contributed by atoms with Crippen LogP contribution in [-0.4, -0.2) is 45.0 Å². The second kappa shape index (κ2) is 10.2. The van der Waals surface area contributed by atoms with E-state index in [0.29, 0.717) is 17.8 Å². The molecule has 1 fully saturated rings. The lowest BCUT2D eigenvalue weighted by molar-refractivity contribution is -0.122. The van der Waals surface area contributed by atoms with Gasteiger partial charge in [-0.15, -0.1) is 0 Å². The van der Waals surface area contributed by atoms with Crippen LogP contribution in [-0.2, 0) is 21.2 Å². The molecule has 0 saturated carbocycles. The van der Waals surface area contributed by atoms with E-state index in [4.69, 9.17) is 0 Å². The Morgan fingerprint density at radius 2 is 1.77 bits per heavy atom. The van der Waals surface area contributed by atoms with Gasteiger partial charge in [-0.25, -0.2) is 8.42 Å². The largest absolute Gasteiger partial charge is 0.361 e. The van der Waals surface area contributed by atoms with E-state index in [-0.39, 0.29) is 17.2 Å². The Labute approximate surface area is 205 Å². The molecule has 4 aromatic rings. The molecule has 1 saturated heterocycles. The smallest absolute Gasteiger partial charge is 0.241 e. The summed E-state index contributed by atoms with van der Waals surface area (Å²) in [7, 11) is -3.96. The summed E-state index contributed by atoms with van der Waals surface area (Å²) >= 11 is 0. The molecule has 182 valence electrons. The van der Waals surface area contributed by atoms with Gasteiger partial charge in [-0.3, -0.25) is 4.79 Å². The zero-order chi connectivity index (χ0) is 24.3. The summed E-state index contributed by atoms with van der Waals surface area (Å²) in [6.45, 7) is 2.37. The van der Waals surface area contributed by atoms with Crippen LogP contribution in [0.1, 0.15) is 18.4 Å². The molecule has 1 aromatic heterocycles. The minimum Gasteiger partial charge on any atom is -0.361 e. The number of carbonyl (C=O) groups excluding carboxylic acids is 1. The second-order valence-corrected chi connectivity index (χ2v) is 10.9. The number of sulfonamides is 1. The van der Waals surface area contributed by atoms with E-state index in [0.717, 1.165) is 47.8 Å². The van der Waals surface area contributed by atoms with Gasteiger partial charge in [-0.1, -0.05) is 54.6 Å². The second-order valence-electron chi connectivity index (χ2n) is 9.17. The molecule has 1 aliphatic rings. The van der Waals surface area contributed by atoms with E-state index in [9.17, 15) is 13.2 Å². The van der Waals surface area contributed by atoms with Crippen molar-refractivity contribution < 1.29 is 13.2 Å². The maximum Gasteiger partial charge on any atom is 0.241 e. The van der Waals surface area contributed by atoms with Gasteiger partial charge in [0.05, 0.1) is 4.90 Å². The Kier molecular flexibility index (Phi) is 6.86. The molecule has 4 N–H and O–H groups in total. The van der Waals surface area contributed by atoms with Gasteiger partial charge in [0.25, 0.3) is 0 Å². The van der Waals surface area contributed by atoms with Crippen LogP contribution in [0, 0.1) is 5.92 Å². The minimum absolute atomic E-state index is 0.170. The molecular weight excluding hydrogens is 460 g/mol. The maximum atomic E-state index is 13.6. The summed E-state index contributed by atoms with van der Waals surface area (Å²) in [5.74, 6) is 0.0285. The number of aromatic amines is 1. The molecule has 0 aliphatic carbocycles. The van der Waals surface area contributed by atoms with Crippen LogP contribution < -0.4 is 15.4 Å². The summed E-state index contributed by atoms with van der Waals surface area (Å²) in [5, 5.41) is 8.80. The molecule has 5 rings (SSSR count). The van der Waals surface area contributed by atoms with Crippen LogP contribution in [0.2, 0.25) is 0 Å². The Morgan fingerprint density at radius 3 is 2.60 bits per heavy atom. The highest BCUT2D eigenvalue weighted by Crippen LogP contribution is 2.24. The average Bonchev–Trinajstić information content (AvgIpc) is 3.30. The van der Waals surface area contributed by atoms with Gasteiger partial charge in [0.2, 0.25) is 15.9 Å². The van der Waals surface area contributed by atoms with Crippen molar-refractivity contribution in [1.82, 2.24) is 20.3 Å². The van der Waals surface area contributed by atoms with Crippen LogP contribution in [0.15, 0.2) is 77.8 Å². The first-order chi connectivity index (χ1) is 17.0. The molecule has 2 heterocycles. The third-order valence-corrected chi connectivity index (χ3v) is 8.25. The molecular formula is C27H30N4O3S. The molecule has 1 aliphatic heterocycles. The molecule has 0 unspecified atom stereocenters. The Bertz CT molecular complexity index is 1440. The van der Waals surface area contributed by atoms with Crippen LogP contribution in [0.25, 0.3) is 21.7 Å². The van der Waals surface area contributed by atoms with Gasteiger partial charge in [0.15, 0.2) is 0 Å². The fourth-order valence-electron chi connectivity index (χ4n) is 4.86. The van der Waals surface area contributed by atoms with E-state index in [1.54, 1.807) is 18.2 Å². The zero-order valence-electron chi connectivity index (χ0n) is 19.5. The Hall–Kier alpha value is -3.20. The number of carbonyl (C=O) groups is 1. The van der Waals surface area contributed by atoms with Crippen molar-refractivity contribution in [3.8, 4) is 0 Å². The fraction of sp³-hybridized carbons (Fsp3) is 0.296. The Balaban J connectivity index is 1.43.